The van der Waals surface area contributed by atoms with Crippen molar-refractivity contribution in [3.8, 4) is 0 Å². The van der Waals surface area contributed by atoms with Gasteiger partial charge in [0.05, 0.1) is 17.2 Å². The van der Waals surface area contributed by atoms with Crippen LogP contribution in [0, 0.1) is 12.7 Å². The lowest BCUT2D eigenvalue weighted by Gasteiger charge is -2.30. The van der Waals surface area contributed by atoms with Gasteiger partial charge in [0.15, 0.2) is 0 Å². The molecule has 27 heavy (non-hydrogen) atoms. The molecule has 1 aliphatic rings. The number of likely N-dealkylation sites (tertiary alicyclic amines) is 1. The molecule has 2 aromatic heterocycles. The van der Waals surface area contributed by atoms with Gasteiger partial charge < -0.3 is 9.32 Å². The maximum atomic E-state index is 13.0. The molecule has 1 unspecified atom stereocenters. The van der Waals surface area contributed by atoms with Gasteiger partial charge in [-0.05, 0) is 49.6 Å². The summed E-state index contributed by atoms with van der Waals surface area (Å²) in [6, 6.07) is 10.1. The molecule has 7 heteroatoms. The first-order valence-electron chi connectivity index (χ1n) is 9.01. The first-order chi connectivity index (χ1) is 13.1. The van der Waals surface area contributed by atoms with E-state index in [1.54, 1.807) is 12.1 Å². The Labute approximate surface area is 160 Å². The molecule has 0 bridgehead atoms. The fraction of sp³-hybridized carbons (Fsp3) is 0.350. The van der Waals surface area contributed by atoms with Gasteiger partial charge in [-0.25, -0.2) is 4.39 Å². The predicted molar refractivity (Wildman–Crippen MR) is 100 cm³/mol. The molecule has 5 nitrogen and oxygen atoms in total. The molecular weight excluding hydrogens is 365 g/mol. The number of amides is 1. The first kappa shape index (κ1) is 17.9. The van der Waals surface area contributed by atoms with Crippen LogP contribution in [0.3, 0.4) is 0 Å². The predicted octanol–water partition coefficient (Wildman–Crippen LogP) is 4.19. The van der Waals surface area contributed by atoms with Crippen LogP contribution >= 0.6 is 11.3 Å². The second kappa shape index (κ2) is 7.60. The van der Waals surface area contributed by atoms with Crippen molar-refractivity contribution in [3.63, 3.8) is 0 Å². The number of hydrogen-bond donors (Lipinski definition) is 0. The molecule has 0 saturated carbocycles. The van der Waals surface area contributed by atoms with E-state index in [0.717, 1.165) is 34.7 Å². The second-order valence-electron chi connectivity index (χ2n) is 6.84. The number of thiophene rings is 1. The number of benzene rings is 1. The minimum atomic E-state index is -0.266. The van der Waals surface area contributed by atoms with Gasteiger partial charge in [-0.2, -0.15) is 0 Å². The van der Waals surface area contributed by atoms with Crippen molar-refractivity contribution in [1.82, 2.24) is 15.1 Å². The number of aromatic nitrogens is 2. The van der Waals surface area contributed by atoms with E-state index in [-0.39, 0.29) is 17.6 Å². The Morgan fingerprint density at radius 3 is 2.81 bits per heavy atom. The number of piperidine rings is 1. The van der Waals surface area contributed by atoms with E-state index in [1.165, 1.54) is 23.5 Å². The molecule has 1 amide bonds. The summed E-state index contributed by atoms with van der Waals surface area (Å²) in [6.07, 6.45) is 2.30. The average Bonchev–Trinajstić information content (AvgIpc) is 3.32. The van der Waals surface area contributed by atoms with Gasteiger partial charge in [-0.15, -0.1) is 21.5 Å². The number of hydrogen-bond acceptors (Lipinski definition) is 5. The van der Waals surface area contributed by atoms with Crippen LogP contribution in [0.5, 0.6) is 0 Å². The van der Waals surface area contributed by atoms with E-state index in [4.69, 9.17) is 4.42 Å². The average molecular weight is 385 g/mol. The van der Waals surface area contributed by atoms with Gasteiger partial charge in [0, 0.05) is 18.0 Å². The van der Waals surface area contributed by atoms with Crippen molar-refractivity contribution in [3.05, 3.63) is 69.3 Å². The van der Waals surface area contributed by atoms with E-state index in [9.17, 15) is 9.18 Å². The zero-order valence-electron chi connectivity index (χ0n) is 15.0. The van der Waals surface area contributed by atoms with E-state index in [0.29, 0.717) is 24.7 Å². The summed E-state index contributed by atoms with van der Waals surface area (Å²) in [4.78, 5) is 16.5. The van der Waals surface area contributed by atoms with Gasteiger partial charge in [0.1, 0.15) is 5.82 Å². The molecule has 0 radical (unpaired) electrons. The highest BCUT2D eigenvalue weighted by atomic mass is 32.1. The molecule has 1 aromatic carbocycles. The molecular formula is C20H20FN3O2S. The minimum absolute atomic E-state index is 0.0539. The van der Waals surface area contributed by atoms with Crippen molar-refractivity contribution in [1.29, 1.82) is 0 Å². The molecule has 0 spiro atoms. The molecule has 0 N–H and O–H groups in total. The van der Waals surface area contributed by atoms with Crippen LogP contribution in [-0.2, 0) is 6.42 Å². The van der Waals surface area contributed by atoms with Gasteiger partial charge in [0.25, 0.3) is 5.91 Å². The van der Waals surface area contributed by atoms with E-state index in [2.05, 4.69) is 10.2 Å². The Bertz CT molecular complexity index is 935. The van der Waals surface area contributed by atoms with Crippen molar-refractivity contribution in [2.45, 2.75) is 32.1 Å². The third-order valence-corrected chi connectivity index (χ3v) is 5.75. The maximum Gasteiger partial charge on any atom is 0.263 e. The summed E-state index contributed by atoms with van der Waals surface area (Å²) in [5.74, 6) is 0.945. The lowest BCUT2D eigenvalue weighted by molar-refractivity contribution is 0.0703. The summed E-state index contributed by atoms with van der Waals surface area (Å²) < 4.78 is 18.9. The molecule has 1 saturated heterocycles. The van der Waals surface area contributed by atoms with Crippen LogP contribution in [0.2, 0.25) is 0 Å². The highest BCUT2D eigenvalue weighted by Crippen LogP contribution is 2.28. The smallest absolute Gasteiger partial charge is 0.263 e. The second-order valence-corrected chi connectivity index (χ2v) is 8.13. The molecule has 4 rings (SSSR count). The van der Waals surface area contributed by atoms with E-state index in [1.807, 2.05) is 24.0 Å². The Morgan fingerprint density at radius 1 is 1.26 bits per heavy atom. The molecule has 140 valence electrons. The molecule has 0 aliphatic carbocycles. The van der Waals surface area contributed by atoms with Crippen molar-refractivity contribution in [2.75, 3.05) is 13.1 Å². The molecule has 1 atom stereocenters. The van der Waals surface area contributed by atoms with E-state index >= 15 is 0 Å². The Balaban J connectivity index is 1.43. The highest BCUT2D eigenvalue weighted by molar-refractivity contribution is 7.13. The van der Waals surface area contributed by atoms with Crippen LogP contribution in [0.25, 0.3) is 0 Å². The minimum Gasteiger partial charge on any atom is -0.425 e. The van der Waals surface area contributed by atoms with Gasteiger partial charge >= 0.3 is 0 Å². The third-order valence-electron chi connectivity index (χ3n) is 4.76. The standard InChI is InChI=1S/C20H20FN3O2S/c1-13-4-9-17(27-13)20(25)24-10-2-3-15(12-24)19-23-22-18(26-19)11-14-5-7-16(21)8-6-14/h4-9,15H,2-3,10-12H2,1H3. The molecule has 3 aromatic rings. The van der Waals surface area contributed by atoms with Crippen LogP contribution < -0.4 is 0 Å². The summed E-state index contributed by atoms with van der Waals surface area (Å²) in [7, 11) is 0. The number of aryl methyl sites for hydroxylation is 1. The fourth-order valence-corrected chi connectivity index (χ4v) is 4.18. The molecule has 1 aliphatic heterocycles. The lowest BCUT2D eigenvalue weighted by Crippen LogP contribution is -2.38. The SMILES string of the molecule is Cc1ccc(C(=O)N2CCCC(c3nnc(Cc4ccc(F)cc4)o3)C2)s1. The quantitative estimate of drug-likeness (QED) is 0.676. The Morgan fingerprint density at radius 2 is 2.07 bits per heavy atom. The largest absolute Gasteiger partial charge is 0.425 e. The van der Waals surface area contributed by atoms with Crippen molar-refractivity contribution >= 4 is 17.2 Å². The van der Waals surface area contributed by atoms with Crippen LogP contribution in [0.15, 0.2) is 40.8 Å². The third kappa shape index (κ3) is 4.08. The van der Waals surface area contributed by atoms with Gasteiger partial charge in [-0.3, -0.25) is 4.79 Å². The topological polar surface area (TPSA) is 59.2 Å². The summed E-state index contributed by atoms with van der Waals surface area (Å²) in [5.41, 5.74) is 0.917. The normalized spacial score (nSPS) is 17.3. The lowest BCUT2D eigenvalue weighted by atomic mass is 9.98. The summed E-state index contributed by atoms with van der Waals surface area (Å²) >= 11 is 1.52. The first-order valence-corrected chi connectivity index (χ1v) is 9.82. The summed E-state index contributed by atoms with van der Waals surface area (Å²) in [6.45, 7) is 3.35. The monoisotopic (exact) mass is 385 g/mol. The maximum absolute atomic E-state index is 13.0. The number of halogens is 1. The van der Waals surface area contributed by atoms with E-state index < -0.39 is 0 Å². The van der Waals surface area contributed by atoms with Crippen LogP contribution in [0.1, 0.15) is 50.7 Å². The van der Waals surface area contributed by atoms with Gasteiger partial charge in [-0.1, -0.05) is 12.1 Å². The summed E-state index contributed by atoms with van der Waals surface area (Å²) in [5, 5.41) is 8.33. The number of rotatable bonds is 4. The van der Waals surface area contributed by atoms with Crippen molar-refractivity contribution < 1.29 is 13.6 Å². The number of nitrogens with zero attached hydrogens (tertiary/aromatic N) is 3. The Kier molecular flexibility index (Phi) is 5.03. The van der Waals surface area contributed by atoms with Crippen LogP contribution in [0.4, 0.5) is 4.39 Å². The number of carbonyl (C=O) groups excluding carboxylic acids is 1. The molecule has 3 heterocycles. The number of carbonyl (C=O) groups is 1. The highest BCUT2D eigenvalue weighted by Gasteiger charge is 2.29. The fourth-order valence-electron chi connectivity index (χ4n) is 3.35. The van der Waals surface area contributed by atoms with Crippen molar-refractivity contribution in [2.24, 2.45) is 0 Å². The zero-order chi connectivity index (χ0) is 18.8. The Hall–Kier alpha value is -2.54. The van der Waals surface area contributed by atoms with Gasteiger partial charge in [0.2, 0.25) is 11.8 Å². The molecule has 1 fully saturated rings. The van der Waals surface area contributed by atoms with Crippen LogP contribution in [-0.4, -0.2) is 34.1 Å². The zero-order valence-corrected chi connectivity index (χ0v) is 15.8.